The number of benzene rings is 2. The Labute approximate surface area is 131 Å². The van der Waals surface area contributed by atoms with Crippen molar-refractivity contribution < 1.29 is 9.47 Å². The summed E-state index contributed by atoms with van der Waals surface area (Å²) in [7, 11) is 3.32. The van der Waals surface area contributed by atoms with Gasteiger partial charge in [-0.05, 0) is 39.7 Å². The van der Waals surface area contributed by atoms with Crippen molar-refractivity contribution >= 4 is 27.0 Å². The number of aromatic nitrogens is 2. The first-order valence-electron chi connectivity index (χ1n) is 6.52. The average Bonchev–Trinajstić information content (AvgIpc) is 2.89. The van der Waals surface area contributed by atoms with Crippen molar-refractivity contribution in [3.05, 3.63) is 52.8 Å². The lowest BCUT2D eigenvalue weighted by atomic mass is 10.2. The van der Waals surface area contributed by atoms with E-state index < -0.39 is 0 Å². The van der Waals surface area contributed by atoms with Crippen molar-refractivity contribution in [3.63, 3.8) is 0 Å². The lowest BCUT2D eigenvalue weighted by molar-refractivity contribution is 0.412. The molecule has 0 saturated carbocycles. The van der Waals surface area contributed by atoms with E-state index in [9.17, 15) is 0 Å². The van der Waals surface area contributed by atoms with E-state index in [2.05, 4.69) is 37.6 Å². The molecule has 0 atom stereocenters. The van der Waals surface area contributed by atoms with Gasteiger partial charge in [0.1, 0.15) is 11.5 Å². The van der Waals surface area contributed by atoms with Crippen LogP contribution in [0.5, 0.6) is 11.5 Å². The highest BCUT2D eigenvalue weighted by molar-refractivity contribution is 9.10. The smallest absolute Gasteiger partial charge is 0.135 e. The molecule has 108 valence electrons. The van der Waals surface area contributed by atoms with Crippen LogP contribution in [-0.4, -0.2) is 23.8 Å². The highest BCUT2D eigenvalue weighted by atomic mass is 79.9. The third-order valence-electron chi connectivity index (χ3n) is 3.41. The molecule has 3 aromatic rings. The van der Waals surface area contributed by atoms with Gasteiger partial charge in [0.05, 0.1) is 36.1 Å². The molecule has 0 spiro atoms. The van der Waals surface area contributed by atoms with Crippen molar-refractivity contribution in [1.29, 1.82) is 0 Å². The van der Waals surface area contributed by atoms with E-state index in [-0.39, 0.29) is 0 Å². The SMILES string of the molecule is COc1ccc(Cn2cnc3cc(OC)c(Br)cc32)cc1. The zero-order chi connectivity index (χ0) is 14.8. The van der Waals surface area contributed by atoms with Gasteiger partial charge in [0.25, 0.3) is 0 Å². The van der Waals surface area contributed by atoms with Gasteiger partial charge in [-0.25, -0.2) is 4.98 Å². The van der Waals surface area contributed by atoms with E-state index in [1.807, 2.05) is 30.6 Å². The maximum absolute atomic E-state index is 5.30. The third kappa shape index (κ3) is 2.74. The molecule has 0 bridgehead atoms. The summed E-state index contributed by atoms with van der Waals surface area (Å²) >= 11 is 3.52. The first kappa shape index (κ1) is 13.9. The number of rotatable bonds is 4. The normalized spacial score (nSPS) is 10.8. The first-order valence-corrected chi connectivity index (χ1v) is 7.32. The molecule has 0 fully saturated rings. The second-order valence-corrected chi connectivity index (χ2v) is 5.55. The number of ether oxygens (including phenoxy) is 2. The summed E-state index contributed by atoms with van der Waals surface area (Å²) in [5.41, 5.74) is 3.18. The molecule has 0 radical (unpaired) electrons. The summed E-state index contributed by atoms with van der Waals surface area (Å²) in [4.78, 5) is 4.44. The maximum atomic E-state index is 5.30. The minimum Gasteiger partial charge on any atom is -0.497 e. The van der Waals surface area contributed by atoms with Gasteiger partial charge in [-0.1, -0.05) is 12.1 Å². The molecule has 4 nitrogen and oxygen atoms in total. The minimum absolute atomic E-state index is 0.763. The number of fused-ring (bicyclic) bond motifs is 1. The molecule has 1 heterocycles. The molecular formula is C16H15BrN2O2. The Kier molecular flexibility index (Phi) is 3.84. The Morgan fingerprint density at radius 3 is 2.52 bits per heavy atom. The highest BCUT2D eigenvalue weighted by Crippen LogP contribution is 2.30. The molecule has 0 aliphatic heterocycles. The molecule has 0 unspecified atom stereocenters. The Morgan fingerprint density at radius 2 is 1.86 bits per heavy atom. The molecule has 5 heteroatoms. The summed E-state index contributed by atoms with van der Waals surface area (Å²) in [6.07, 6.45) is 1.85. The number of methoxy groups -OCH3 is 2. The van der Waals surface area contributed by atoms with Gasteiger partial charge < -0.3 is 14.0 Å². The summed E-state index contributed by atoms with van der Waals surface area (Å²) in [6, 6.07) is 12.0. The number of imidazole rings is 1. The van der Waals surface area contributed by atoms with Crippen molar-refractivity contribution in [2.45, 2.75) is 6.54 Å². The number of nitrogens with zero attached hydrogens (tertiary/aromatic N) is 2. The molecule has 21 heavy (non-hydrogen) atoms. The van der Waals surface area contributed by atoms with Crippen LogP contribution in [0.1, 0.15) is 5.56 Å². The molecule has 0 amide bonds. The summed E-state index contributed by atoms with van der Waals surface area (Å²) in [5.74, 6) is 1.65. The van der Waals surface area contributed by atoms with Crippen LogP contribution in [0.3, 0.4) is 0 Å². The van der Waals surface area contributed by atoms with Crippen LogP contribution in [0, 0.1) is 0 Å². The zero-order valence-electron chi connectivity index (χ0n) is 11.8. The quantitative estimate of drug-likeness (QED) is 0.719. The summed E-state index contributed by atoms with van der Waals surface area (Å²) in [6.45, 7) is 0.763. The van der Waals surface area contributed by atoms with Crippen LogP contribution in [0.25, 0.3) is 11.0 Å². The van der Waals surface area contributed by atoms with Crippen molar-refractivity contribution in [2.24, 2.45) is 0 Å². The molecule has 1 aromatic heterocycles. The predicted octanol–water partition coefficient (Wildman–Crippen LogP) is 3.86. The molecule has 0 aliphatic carbocycles. The van der Waals surface area contributed by atoms with Crippen LogP contribution in [-0.2, 0) is 6.54 Å². The molecule has 3 rings (SSSR count). The lowest BCUT2D eigenvalue weighted by Crippen LogP contribution is -1.98. The van der Waals surface area contributed by atoms with E-state index in [1.165, 1.54) is 5.56 Å². The van der Waals surface area contributed by atoms with Crippen LogP contribution in [0.2, 0.25) is 0 Å². The zero-order valence-corrected chi connectivity index (χ0v) is 13.4. The van der Waals surface area contributed by atoms with Gasteiger partial charge in [0.15, 0.2) is 0 Å². The third-order valence-corrected chi connectivity index (χ3v) is 4.03. The van der Waals surface area contributed by atoms with Crippen molar-refractivity contribution in [3.8, 4) is 11.5 Å². The lowest BCUT2D eigenvalue weighted by Gasteiger charge is -2.07. The van der Waals surface area contributed by atoms with Gasteiger partial charge >= 0.3 is 0 Å². The summed E-state index contributed by atoms with van der Waals surface area (Å²) in [5, 5.41) is 0. The van der Waals surface area contributed by atoms with Gasteiger partial charge in [-0.3, -0.25) is 0 Å². The standard InChI is InChI=1S/C16H15BrN2O2/c1-20-12-5-3-11(4-6-12)9-19-10-18-14-8-16(21-2)13(17)7-15(14)19/h3-8,10H,9H2,1-2H3. The van der Waals surface area contributed by atoms with Crippen LogP contribution < -0.4 is 9.47 Å². The predicted molar refractivity (Wildman–Crippen MR) is 86.1 cm³/mol. The Bertz CT molecular complexity index is 766. The molecule has 0 saturated heterocycles. The molecule has 0 aliphatic rings. The van der Waals surface area contributed by atoms with E-state index >= 15 is 0 Å². The number of halogens is 1. The van der Waals surface area contributed by atoms with Crippen molar-refractivity contribution in [2.75, 3.05) is 14.2 Å². The van der Waals surface area contributed by atoms with Crippen LogP contribution >= 0.6 is 15.9 Å². The van der Waals surface area contributed by atoms with E-state index in [1.54, 1.807) is 14.2 Å². The Balaban J connectivity index is 1.94. The number of hydrogen-bond acceptors (Lipinski definition) is 3. The van der Waals surface area contributed by atoms with Gasteiger partial charge in [-0.15, -0.1) is 0 Å². The summed E-state index contributed by atoms with van der Waals surface area (Å²) < 4.78 is 13.5. The molecule has 0 N–H and O–H groups in total. The van der Waals surface area contributed by atoms with Crippen LogP contribution in [0.15, 0.2) is 47.2 Å². The largest absolute Gasteiger partial charge is 0.497 e. The van der Waals surface area contributed by atoms with Crippen LogP contribution in [0.4, 0.5) is 0 Å². The maximum Gasteiger partial charge on any atom is 0.135 e. The Hall–Kier alpha value is -2.01. The average molecular weight is 347 g/mol. The molecular weight excluding hydrogens is 332 g/mol. The fraction of sp³-hybridized carbons (Fsp3) is 0.188. The van der Waals surface area contributed by atoms with Gasteiger partial charge in [0.2, 0.25) is 0 Å². The second kappa shape index (κ2) is 5.77. The highest BCUT2D eigenvalue weighted by Gasteiger charge is 2.08. The fourth-order valence-corrected chi connectivity index (χ4v) is 2.76. The van der Waals surface area contributed by atoms with Gasteiger partial charge in [0, 0.05) is 12.6 Å². The van der Waals surface area contributed by atoms with Crippen molar-refractivity contribution in [1.82, 2.24) is 9.55 Å². The minimum atomic E-state index is 0.763. The van der Waals surface area contributed by atoms with E-state index in [0.717, 1.165) is 33.5 Å². The number of hydrogen-bond donors (Lipinski definition) is 0. The molecule has 2 aromatic carbocycles. The second-order valence-electron chi connectivity index (χ2n) is 4.70. The fourth-order valence-electron chi connectivity index (χ4n) is 2.27. The first-order chi connectivity index (χ1) is 10.2. The topological polar surface area (TPSA) is 36.3 Å². The van der Waals surface area contributed by atoms with E-state index in [0.29, 0.717) is 0 Å². The van der Waals surface area contributed by atoms with Gasteiger partial charge in [-0.2, -0.15) is 0 Å². The Morgan fingerprint density at radius 1 is 1.10 bits per heavy atom. The van der Waals surface area contributed by atoms with E-state index in [4.69, 9.17) is 9.47 Å². The monoisotopic (exact) mass is 346 g/mol.